The number of benzene rings is 1. The molecule has 0 saturated carbocycles. The Bertz CT molecular complexity index is 1450. The standard InChI is InChI=1S/C27H28N4O2S2/c1-27(2,3)16-9-10-19-15(11-16)12-17-21(28)22(35-25(17)30-19)24(33)31-26-20(23(29)32)18(13-34-26)14-7-5-4-6-8-14/h4-8,12-13,16H,9-11,28H2,1-3H3,(H2,29,32)(H,31,33). The molecule has 3 aromatic heterocycles. The van der Waals surface area contributed by atoms with Crippen molar-refractivity contribution in [2.24, 2.45) is 17.1 Å². The summed E-state index contributed by atoms with van der Waals surface area (Å²) in [5.41, 5.74) is 17.0. The summed E-state index contributed by atoms with van der Waals surface area (Å²) in [6.45, 7) is 6.85. The van der Waals surface area contributed by atoms with Crippen molar-refractivity contribution in [2.75, 3.05) is 11.1 Å². The highest BCUT2D eigenvalue weighted by Crippen LogP contribution is 2.41. The molecule has 0 bridgehead atoms. The van der Waals surface area contributed by atoms with Crippen molar-refractivity contribution in [2.45, 2.75) is 40.0 Å². The van der Waals surface area contributed by atoms with Gasteiger partial charge in [-0.25, -0.2) is 4.98 Å². The number of amides is 2. The monoisotopic (exact) mass is 504 g/mol. The van der Waals surface area contributed by atoms with Crippen LogP contribution in [0.4, 0.5) is 10.7 Å². The molecule has 0 aliphatic heterocycles. The predicted octanol–water partition coefficient (Wildman–Crippen LogP) is 6.11. The molecule has 1 aromatic carbocycles. The number of aromatic nitrogens is 1. The minimum Gasteiger partial charge on any atom is -0.397 e. The summed E-state index contributed by atoms with van der Waals surface area (Å²) < 4.78 is 0. The summed E-state index contributed by atoms with van der Waals surface area (Å²) in [6, 6.07) is 11.6. The fraction of sp³-hybridized carbons (Fsp3) is 0.296. The number of pyridine rings is 1. The van der Waals surface area contributed by atoms with Gasteiger partial charge in [0, 0.05) is 22.0 Å². The second-order valence-corrected chi connectivity index (χ2v) is 12.0. The van der Waals surface area contributed by atoms with Crippen LogP contribution >= 0.6 is 22.7 Å². The molecular weight excluding hydrogens is 476 g/mol. The van der Waals surface area contributed by atoms with Gasteiger partial charge < -0.3 is 16.8 Å². The Labute approximate surface area is 212 Å². The van der Waals surface area contributed by atoms with Crippen molar-refractivity contribution in [3.8, 4) is 11.1 Å². The Morgan fingerprint density at radius 1 is 1.17 bits per heavy atom. The van der Waals surface area contributed by atoms with E-state index in [4.69, 9.17) is 16.5 Å². The van der Waals surface area contributed by atoms with Gasteiger partial charge in [-0.3, -0.25) is 9.59 Å². The fourth-order valence-electron chi connectivity index (χ4n) is 4.78. The second-order valence-electron chi connectivity index (χ2n) is 10.1. The normalized spacial score (nSPS) is 15.7. The molecule has 0 fully saturated rings. The first-order valence-corrected chi connectivity index (χ1v) is 13.3. The average molecular weight is 505 g/mol. The molecule has 0 radical (unpaired) electrons. The third-order valence-corrected chi connectivity index (χ3v) is 8.88. The number of fused-ring (bicyclic) bond motifs is 2. The molecule has 4 aromatic rings. The molecular formula is C27H28N4O2S2. The van der Waals surface area contributed by atoms with Crippen LogP contribution in [0.5, 0.6) is 0 Å². The number of nitrogens with zero attached hydrogens (tertiary/aromatic N) is 1. The van der Waals surface area contributed by atoms with Gasteiger partial charge in [0.1, 0.15) is 14.7 Å². The van der Waals surface area contributed by atoms with E-state index in [0.717, 1.165) is 40.7 Å². The number of nitrogen functional groups attached to an aromatic ring is 1. The van der Waals surface area contributed by atoms with Crippen LogP contribution in [-0.4, -0.2) is 16.8 Å². The van der Waals surface area contributed by atoms with Crippen LogP contribution in [0.2, 0.25) is 0 Å². The molecule has 0 spiro atoms. The van der Waals surface area contributed by atoms with Crippen LogP contribution in [0.25, 0.3) is 21.3 Å². The molecule has 35 heavy (non-hydrogen) atoms. The van der Waals surface area contributed by atoms with Crippen LogP contribution in [0.15, 0.2) is 41.8 Å². The molecule has 1 aliphatic rings. The number of thiophene rings is 2. The van der Waals surface area contributed by atoms with Crippen LogP contribution in [-0.2, 0) is 12.8 Å². The maximum absolute atomic E-state index is 13.3. The van der Waals surface area contributed by atoms with Crippen LogP contribution in [0.1, 0.15) is 58.5 Å². The highest BCUT2D eigenvalue weighted by molar-refractivity contribution is 7.21. The van der Waals surface area contributed by atoms with Gasteiger partial charge in [0.2, 0.25) is 0 Å². The number of primary amides is 1. The van der Waals surface area contributed by atoms with Crippen molar-refractivity contribution in [1.29, 1.82) is 0 Å². The van der Waals surface area contributed by atoms with Crippen LogP contribution in [0.3, 0.4) is 0 Å². The van der Waals surface area contributed by atoms with Gasteiger partial charge in [0.25, 0.3) is 11.8 Å². The van der Waals surface area contributed by atoms with E-state index in [0.29, 0.717) is 32.6 Å². The molecule has 3 heterocycles. The SMILES string of the molecule is CC(C)(C)C1CCc2nc3sc(C(=O)Nc4scc(-c5ccccc5)c4C(N)=O)c(N)c3cc2C1. The maximum atomic E-state index is 13.3. The predicted molar refractivity (Wildman–Crippen MR) is 145 cm³/mol. The quantitative estimate of drug-likeness (QED) is 0.311. The van der Waals surface area contributed by atoms with Gasteiger partial charge in [-0.1, -0.05) is 51.1 Å². The van der Waals surface area contributed by atoms with Gasteiger partial charge in [-0.2, -0.15) is 0 Å². The molecule has 5 rings (SSSR count). The van der Waals surface area contributed by atoms with E-state index in [1.807, 2.05) is 35.7 Å². The zero-order chi connectivity index (χ0) is 24.9. The Kier molecular flexibility index (Phi) is 5.89. The molecule has 8 heteroatoms. The summed E-state index contributed by atoms with van der Waals surface area (Å²) in [5.74, 6) is -0.366. The Balaban J connectivity index is 1.47. The number of nitrogens with two attached hydrogens (primary N) is 2. The average Bonchev–Trinajstić information content (AvgIpc) is 3.38. The summed E-state index contributed by atoms with van der Waals surface area (Å²) in [6.07, 6.45) is 3.02. The smallest absolute Gasteiger partial charge is 0.268 e. The fourth-order valence-corrected chi connectivity index (χ4v) is 6.74. The zero-order valence-corrected chi connectivity index (χ0v) is 21.6. The van der Waals surface area contributed by atoms with E-state index in [9.17, 15) is 9.59 Å². The van der Waals surface area contributed by atoms with Crippen molar-refractivity contribution < 1.29 is 9.59 Å². The first-order chi connectivity index (χ1) is 16.6. The molecule has 2 amide bonds. The van der Waals surface area contributed by atoms with E-state index in [1.54, 1.807) is 0 Å². The van der Waals surface area contributed by atoms with Crippen molar-refractivity contribution >= 4 is 55.4 Å². The van der Waals surface area contributed by atoms with E-state index >= 15 is 0 Å². The van der Waals surface area contributed by atoms with E-state index in [-0.39, 0.29) is 11.3 Å². The number of rotatable bonds is 4. The van der Waals surface area contributed by atoms with Crippen LogP contribution < -0.4 is 16.8 Å². The van der Waals surface area contributed by atoms with E-state index in [1.165, 1.54) is 28.2 Å². The zero-order valence-electron chi connectivity index (χ0n) is 20.0. The second kappa shape index (κ2) is 8.77. The highest BCUT2D eigenvalue weighted by Gasteiger charge is 2.30. The van der Waals surface area contributed by atoms with Gasteiger partial charge in [-0.05, 0) is 47.8 Å². The number of nitrogens with one attached hydrogen (secondary N) is 1. The largest absolute Gasteiger partial charge is 0.397 e. The summed E-state index contributed by atoms with van der Waals surface area (Å²) in [4.78, 5) is 31.6. The molecule has 6 nitrogen and oxygen atoms in total. The third-order valence-electron chi connectivity index (χ3n) is 6.87. The van der Waals surface area contributed by atoms with Crippen molar-refractivity contribution in [3.63, 3.8) is 0 Å². The van der Waals surface area contributed by atoms with Crippen LogP contribution in [0, 0.1) is 11.3 Å². The Morgan fingerprint density at radius 2 is 1.91 bits per heavy atom. The van der Waals surface area contributed by atoms with Gasteiger partial charge >= 0.3 is 0 Å². The Hall–Kier alpha value is -3.23. The van der Waals surface area contributed by atoms with Gasteiger partial charge in [0.05, 0.1) is 11.3 Å². The number of hydrogen-bond donors (Lipinski definition) is 3. The Morgan fingerprint density at radius 3 is 2.60 bits per heavy atom. The first-order valence-electron chi connectivity index (χ1n) is 11.6. The molecule has 1 aliphatic carbocycles. The molecule has 0 saturated heterocycles. The number of hydrogen-bond acceptors (Lipinski definition) is 6. The lowest BCUT2D eigenvalue weighted by atomic mass is 9.71. The summed E-state index contributed by atoms with van der Waals surface area (Å²) >= 11 is 2.56. The summed E-state index contributed by atoms with van der Waals surface area (Å²) in [5, 5.41) is 5.95. The molecule has 1 unspecified atom stereocenters. The third kappa shape index (κ3) is 4.32. The lowest BCUT2D eigenvalue weighted by molar-refractivity contribution is 0.100. The molecule has 5 N–H and O–H groups in total. The lowest BCUT2D eigenvalue weighted by Crippen LogP contribution is -2.27. The van der Waals surface area contributed by atoms with E-state index in [2.05, 4.69) is 32.2 Å². The number of carbonyl (C=O) groups is 2. The number of aryl methyl sites for hydroxylation is 1. The van der Waals surface area contributed by atoms with Gasteiger partial charge in [0.15, 0.2) is 0 Å². The minimum atomic E-state index is -0.590. The number of anilines is 2. The van der Waals surface area contributed by atoms with E-state index < -0.39 is 5.91 Å². The first kappa shape index (κ1) is 23.5. The maximum Gasteiger partial charge on any atom is 0.268 e. The van der Waals surface area contributed by atoms with Crippen molar-refractivity contribution in [3.05, 3.63) is 63.5 Å². The van der Waals surface area contributed by atoms with Gasteiger partial charge in [-0.15, -0.1) is 22.7 Å². The van der Waals surface area contributed by atoms with Crippen molar-refractivity contribution in [1.82, 2.24) is 4.98 Å². The highest BCUT2D eigenvalue weighted by atomic mass is 32.1. The number of carbonyl (C=O) groups excluding carboxylic acids is 2. The lowest BCUT2D eigenvalue weighted by Gasteiger charge is -2.34. The summed E-state index contributed by atoms with van der Waals surface area (Å²) in [7, 11) is 0. The topological polar surface area (TPSA) is 111 Å². The minimum absolute atomic E-state index is 0.231. The molecule has 180 valence electrons. The molecule has 1 atom stereocenters.